The molecule has 0 amide bonds. The molecule has 0 aromatic carbocycles. The van der Waals surface area contributed by atoms with E-state index in [-0.39, 0.29) is 4.75 Å². The van der Waals surface area contributed by atoms with Crippen molar-refractivity contribution in [3.63, 3.8) is 0 Å². The Morgan fingerprint density at radius 2 is 1.80 bits per heavy atom. The van der Waals surface area contributed by atoms with E-state index in [0.29, 0.717) is 12.0 Å². The van der Waals surface area contributed by atoms with Crippen LogP contribution in [-0.4, -0.2) is 15.0 Å². The first-order chi connectivity index (χ1) is 6.79. The Morgan fingerprint density at radius 3 is 2.13 bits per heavy atom. The van der Waals surface area contributed by atoms with Gasteiger partial charge in [0.05, 0.1) is 15.7 Å². The van der Waals surface area contributed by atoms with Gasteiger partial charge in [0.2, 0.25) is 0 Å². The van der Waals surface area contributed by atoms with E-state index in [1.165, 1.54) is 12.8 Å². The number of hydrogen-bond acceptors (Lipinski definition) is 1. The highest BCUT2D eigenvalue weighted by Gasteiger charge is 2.23. The van der Waals surface area contributed by atoms with Gasteiger partial charge in [0.1, 0.15) is 0 Å². The van der Waals surface area contributed by atoms with Crippen molar-refractivity contribution in [2.24, 2.45) is 5.92 Å². The SMILES string of the molecule is CCCC[C@@H](N[S@](=O)C(C)(C)C)C(C)C. The van der Waals surface area contributed by atoms with Crippen molar-refractivity contribution in [1.82, 2.24) is 4.72 Å². The zero-order valence-electron chi connectivity index (χ0n) is 11.1. The van der Waals surface area contributed by atoms with Crippen LogP contribution < -0.4 is 4.72 Å². The van der Waals surface area contributed by atoms with Gasteiger partial charge in [-0.1, -0.05) is 33.6 Å². The normalized spacial score (nSPS) is 16.7. The Hall–Kier alpha value is 0.110. The smallest absolute Gasteiger partial charge is 0.0972 e. The van der Waals surface area contributed by atoms with Gasteiger partial charge in [-0.25, -0.2) is 8.93 Å². The maximum atomic E-state index is 11.9. The largest absolute Gasteiger partial charge is 0.242 e. The Balaban J connectivity index is 4.23. The van der Waals surface area contributed by atoms with E-state index in [2.05, 4.69) is 25.5 Å². The topological polar surface area (TPSA) is 29.1 Å². The molecule has 0 radical (unpaired) electrons. The van der Waals surface area contributed by atoms with Crippen LogP contribution in [0.1, 0.15) is 60.8 Å². The molecule has 0 saturated heterocycles. The van der Waals surface area contributed by atoms with E-state index in [1.807, 2.05) is 20.8 Å². The van der Waals surface area contributed by atoms with Crippen molar-refractivity contribution in [1.29, 1.82) is 0 Å². The fourth-order valence-corrected chi connectivity index (χ4v) is 2.29. The quantitative estimate of drug-likeness (QED) is 0.749. The summed E-state index contributed by atoms with van der Waals surface area (Å²) < 4.78 is 15.0. The molecule has 0 aliphatic carbocycles. The molecule has 0 fully saturated rings. The van der Waals surface area contributed by atoms with E-state index < -0.39 is 11.0 Å². The molecule has 3 heteroatoms. The van der Waals surface area contributed by atoms with Gasteiger partial charge in [-0.2, -0.15) is 0 Å². The van der Waals surface area contributed by atoms with Gasteiger partial charge in [0.15, 0.2) is 0 Å². The Kier molecular flexibility index (Phi) is 6.69. The molecule has 0 heterocycles. The molecule has 2 atom stereocenters. The molecular weight excluding hydrogens is 206 g/mol. The van der Waals surface area contributed by atoms with Gasteiger partial charge in [0.25, 0.3) is 0 Å². The van der Waals surface area contributed by atoms with Gasteiger partial charge in [0, 0.05) is 6.04 Å². The lowest BCUT2D eigenvalue weighted by molar-refractivity contribution is 0.418. The summed E-state index contributed by atoms with van der Waals surface area (Å²) in [4.78, 5) is 0. The van der Waals surface area contributed by atoms with Crippen molar-refractivity contribution in [2.45, 2.75) is 71.6 Å². The summed E-state index contributed by atoms with van der Waals surface area (Å²) in [6.07, 6.45) is 3.53. The van der Waals surface area contributed by atoms with Crippen LogP contribution in [0.25, 0.3) is 0 Å². The van der Waals surface area contributed by atoms with Crippen LogP contribution in [0.15, 0.2) is 0 Å². The van der Waals surface area contributed by atoms with Gasteiger partial charge < -0.3 is 0 Å². The van der Waals surface area contributed by atoms with Crippen LogP contribution in [0.3, 0.4) is 0 Å². The Labute approximate surface area is 97.8 Å². The van der Waals surface area contributed by atoms with E-state index >= 15 is 0 Å². The maximum Gasteiger partial charge on any atom is 0.0972 e. The third-order valence-corrected chi connectivity index (χ3v) is 4.12. The molecule has 2 nitrogen and oxygen atoms in total. The molecule has 0 saturated carbocycles. The van der Waals surface area contributed by atoms with Crippen molar-refractivity contribution < 1.29 is 4.21 Å². The summed E-state index contributed by atoms with van der Waals surface area (Å²) >= 11 is 0. The van der Waals surface area contributed by atoms with Crippen LogP contribution in [0, 0.1) is 5.92 Å². The standard InChI is InChI=1S/C12H27NOS/c1-7-8-9-11(10(2)3)13-15(14)12(4,5)6/h10-11,13H,7-9H2,1-6H3/t11-,15-/m1/s1. The molecule has 0 aromatic rings. The Morgan fingerprint density at radius 1 is 1.27 bits per heavy atom. The minimum Gasteiger partial charge on any atom is -0.242 e. The molecule has 0 aliphatic heterocycles. The van der Waals surface area contributed by atoms with Crippen molar-refractivity contribution >= 4 is 11.0 Å². The van der Waals surface area contributed by atoms with Crippen molar-refractivity contribution in [3.05, 3.63) is 0 Å². The average molecular weight is 233 g/mol. The van der Waals surface area contributed by atoms with Gasteiger partial charge in [-0.05, 0) is 33.1 Å². The van der Waals surface area contributed by atoms with E-state index in [0.717, 1.165) is 6.42 Å². The second-order valence-corrected chi connectivity index (χ2v) is 7.49. The van der Waals surface area contributed by atoms with E-state index in [1.54, 1.807) is 0 Å². The fraction of sp³-hybridized carbons (Fsp3) is 1.00. The Bertz CT molecular complexity index is 196. The van der Waals surface area contributed by atoms with Crippen LogP contribution >= 0.6 is 0 Å². The molecule has 15 heavy (non-hydrogen) atoms. The molecule has 0 bridgehead atoms. The van der Waals surface area contributed by atoms with E-state index in [9.17, 15) is 4.21 Å². The van der Waals surface area contributed by atoms with Crippen LogP contribution in [0.5, 0.6) is 0 Å². The molecule has 0 aromatic heterocycles. The van der Waals surface area contributed by atoms with Crippen molar-refractivity contribution in [2.75, 3.05) is 0 Å². The summed E-state index contributed by atoms with van der Waals surface area (Å²) in [5.74, 6) is 0.544. The lowest BCUT2D eigenvalue weighted by atomic mass is 10.00. The zero-order chi connectivity index (χ0) is 12.1. The maximum absolute atomic E-state index is 11.9. The molecule has 0 unspecified atom stereocenters. The van der Waals surface area contributed by atoms with Crippen LogP contribution in [-0.2, 0) is 11.0 Å². The van der Waals surface area contributed by atoms with Gasteiger partial charge >= 0.3 is 0 Å². The lowest BCUT2D eigenvalue weighted by Gasteiger charge is -2.26. The molecule has 92 valence electrons. The molecule has 0 aliphatic rings. The lowest BCUT2D eigenvalue weighted by Crippen LogP contribution is -2.42. The summed E-state index contributed by atoms with van der Waals surface area (Å²) in [7, 11) is -0.941. The summed E-state index contributed by atoms with van der Waals surface area (Å²) in [6, 6.07) is 0.380. The fourth-order valence-electron chi connectivity index (χ4n) is 1.27. The highest BCUT2D eigenvalue weighted by Crippen LogP contribution is 2.15. The number of unbranched alkanes of at least 4 members (excludes halogenated alkanes) is 1. The summed E-state index contributed by atoms with van der Waals surface area (Å²) in [5, 5.41) is 0. The summed E-state index contributed by atoms with van der Waals surface area (Å²) in [5.41, 5.74) is 0. The first-order valence-electron chi connectivity index (χ1n) is 5.97. The van der Waals surface area contributed by atoms with E-state index in [4.69, 9.17) is 0 Å². The number of hydrogen-bond donors (Lipinski definition) is 1. The summed E-state index contributed by atoms with van der Waals surface area (Å²) in [6.45, 7) is 12.6. The van der Waals surface area contributed by atoms with Crippen LogP contribution in [0.4, 0.5) is 0 Å². The molecule has 1 N–H and O–H groups in total. The van der Waals surface area contributed by atoms with Gasteiger partial charge in [-0.3, -0.25) is 0 Å². The highest BCUT2D eigenvalue weighted by atomic mass is 32.2. The zero-order valence-corrected chi connectivity index (χ0v) is 11.9. The third kappa shape index (κ3) is 6.31. The number of rotatable bonds is 6. The second-order valence-electron chi connectivity index (χ2n) is 5.49. The minimum absolute atomic E-state index is 0.167. The molecule has 0 spiro atoms. The number of nitrogens with one attached hydrogen (secondary N) is 1. The average Bonchev–Trinajstić information content (AvgIpc) is 2.09. The first-order valence-corrected chi connectivity index (χ1v) is 7.12. The van der Waals surface area contributed by atoms with Gasteiger partial charge in [-0.15, -0.1) is 0 Å². The predicted molar refractivity (Wildman–Crippen MR) is 69.2 cm³/mol. The van der Waals surface area contributed by atoms with Crippen LogP contribution in [0.2, 0.25) is 0 Å². The second kappa shape index (κ2) is 6.64. The monoisotopic (exact) mass is 233 g/mol. The minimum atomic E-state index is -0.941. The predicted octanol–water partition coefficient (Wildman–Crippen LogP) is 3.25. The third-order valence-electron chi connectivity index (χ3n) is 2.49. The van der Waals surface area contributed by atoms with Crippen molar-refractivity contribution in [3.8, 4) is 0 Å². The first kappa shape index (κ1) is 15.1. The molecular formula is C12H27NOS. The highest BCUT2D eigenvalue weighted by molar-refractivity contribution is 7.84. The molecule has 0 rings (SSSR count).